The minimum absolute atomic E-state index is 0. The normalized spacial score (nSPS) is 41.2. The Balaban J connectivity index is 0.00000168. The lowest BCUT2D eigenvalue weighted by Crippen LogP contribution is -2.74. The van der Waals surface area contributed by atoms with Crippen molar-refractivity contribution in [3.63, 3.8) is 0 Å². The van der Waals surface area contributed by atoms with E-state index in [9.17, 15) is 0 Å². The van der Waals surface area contributed by atoms with Crippen molar-refractivity contribution in [2.24, 2.45) is 21.7 Å². The summed E-state index contributed by atoms with van der Waals surface area (Å²) in [5.74, 6) is 1.70. The van der Waals surface area contributed by atoms with Gasteiger partial charge in [-0.3, -0.25) is 4.99 Å². The van der Waals surface area contributed by atoms with E-state index in [-0.39, 0.29) is 24.0 Å². The van der Waals surface area contributed by atoms with Gasteiger partial charge in [0.15, 0.2) is 5.96 Å². The van der Waals surface area contributed by atoms with Crippen LogP contribution in [0.2, 0.25) is 0 Å². The molecule has 1 saturated heterocycles. The van der Waals surface area contributed by atoms with Crippen molar-refractivity contribution in [2.75, 3.05) is 20.3 Å². The Labute approximate surface area is 174 Å². The molecule has 0 aromatic heterocycles. The summed E-state index contributed by atoms with van der Waals surface area (Å²) in [6.45, 7) is 3.89. The van der Waals surface area contributed by atoms with Crippen molar-refractivity contribution in [1.29, 1.82) is 0 Å². The highest BCUT2D eigenvalue weighted by atomic mass is 127. The summed E-state index contributed by atoms with van der Waals surface area (Å²) in [4.78, 5) is 4.58. The quantitative estimate of drug-likeness (QED) is 0.373. The summed E-state index contributed by atoms with van der Waals surface area (Å²) in [7, 11) is 1.91. The smallest absolute Gasteiger partial charge is 0.191 e. The molecule has 5 unspecified atom stereocenters. The number of aliphatic imine (C=N–C) groups is 1. The van der Waals surface area contributed by atoms with E-state index in [4.69, 9.17) is 9.47 Å². The van der Waals surface area contributed by atoms with Crippen LogP contribution >= 0.6 is 24.0 Å². The van der Waals surface area contributed by atoms with Crippen LogP contribution in [0, 0.1) is 16.7 Å². The first-order valence-corrected chi connectivity index (χ1v) is 10.5. The monoisotopic (exact) mass is 475 g/mol. The second-order valence-electron chi connectivity index (χ2n) is 8.99. The third-order valence-corrected chi connectivity index (χ3v) is 8.30. The fourth-order valence-corrected chi connectivity index (χ4v) is 6.58. The first kappa shape index (κ1) is 19.2. The van der Waals surface area contributed by atoms with Gasteiger partial charge in [0.25, 0.3) is 0 Å². The molecule has 0 aromatic rings. The fourth-order valence-electron chi connectivity index (χ4n) is 6.58. The highest BCUT2D eigenvalue weighted by Gasteiger charge is 2.67. The summed E-state index contributed by atoms with van der Waals surface area (Å²) in [6.07, 6.45) is 11.3. The average Bonchev–Trinajstić information content (AvgIpc) is 2.91. The SMILES string of the molecule is CCOC1CC(NC(=NC)NC2C3CCOC3C23CCC3)C12CCC2.I. The molecule has 2 N–H and O–H groups in total. The van der Waals surface area contributed by atoms with E-state index in [1.807, 2.05) is 7.05 Å². The third-order valence-electron chi connectivity index (χ3n) is 8.30. The molecule has 0 radical (unpaired) electrons. The molecule has 5 rings (SSSR count). The Kier molecular flexibility index (Phi) is 5.23. The topological polar surface area (TPSA) is 54.9 Å². The Morgan fingerprint density at radius 1 is 1.15 bits per heavy atom. The number of ether oxygens (including phenoxy) is 2. The van der Waals surface area contributed by atoms with Gasteiger partial charge in [-0.2, -0.15) is 0 Å². The van der Waals surface area contributed by atoms with Gasteiger partial charge in [-0.05, 0) is 45.4 Å². The molecule has 1 heterocycles. The molecule has 2 spiro atoms. The minimum atomic E-state index is 0. The molecule has 5 fully saturated rings. The largest absolute Gasteiger partial charge is 0.378 e. The van der Waals surface area contributed by atoms with Crippen molar-refractivity contribution >= 4 is 29.9 Å². The third kappa shape index (κ3) is 2.50. The van der Waals surface area contributed by atoms with E-state index in [1.165, 1.54) is 44.9 Å². The van der Waals surface area contributed by atoms with Gasteiger partial charge in [-0.25, -0.2) is 0 Å². The standard InChI is InChI=1S/C20H33N3O2.HI/c1-3-24-15-12-14(19(15)7-4-8-19)22-18(21-2)23-16-13-6-11-25-17(13)20(16)9-5-10-20;/h13-17H,3-12H2,1-2H3,(H2,21,22,23);1H. The summed E-state index contributed by atoms with van der Waals surface area (Å²) < 4.78 is 12.0. The van der Waals surface area contributed by atoms with Crippen LogP contribution in [0.3, 0.4) is 0 Å². The van der Waals surface area contributed by atoms with Gasteiger partial charge in [-0.15, -0.1) is 24.0 Å². The number of hydrogen-bond donors (Lipinski definition) is 2. The number of halogens is 1. The van der Waals surface area contributed by atoms with Gasteiger partial charge in [0.2, 0.25) is 0 Å². The Hall–Kier alpha value is -0.0800. The average molecular weight is 475 g/mol. The number of guanidine groups is 1. The molecule has 4 aliphatic carbocycles. The zero-order valence-electron chi connectivity index (χ0n) is 16.1. The van der Waals surface area contributed by atoms with Crippen molar-refractivity contribution in [1.82, 2.24) is 10.6 Å². The Morgan fingerprint density at radius 3 is 2.46 bits per heavy atom. The van der Waals surface area contributed by atoms with Gasteiger partial charge in [0.1, 0.15) is 0 Å². The molecule has 5 nitrogen and oxygen atoms in total. The number of hydrogen-bond acceptors (Lipinski definition) is 3. The van der Waals surface area contributed by atoms with Crippen molar-refractivity contribution < 1.29 is 9.47 Å². The second kappa shape index (κ2) is 7.07. The van der Waals surface area contributed by atoms with E-state index in [0.717, 1.165) is 25.6 Å². The number of fused-ring (bicyclic) bond motifs is 2. The van der Waals surface area contributed by atoms with Crippen LogP contribution in [0.15, 0.2) is 4.99 Å². The molecule has 0 bridgehead atoms. The van der Waals surface area contributed by atoms with Crippen LogP contribution < -0.4 is 10.6 Å². The van der Waals surface area contributed by atoms with Crippen molar-refractivity contribution in [2.45, 2.75) is 82.6 Å². The highest BCUT2D eigenvalue weighted by Crippen LogP contribution is 2.63. The van der Waals surface area contributed by atoms with Crippen molar-refractivity contribution in [3.05, 3.63) is 0 Å². The number of rotatable bonds is 4. The molecule has 26 heavy (non-hydrogen) atoms. The van der Waals surface area contributed by atoms with E-state index >= 15 is 0 Å². The molecule has 1 aliphatic heterocycles. The summed E-state index contributed by atoms with van der Waals surface area (Å²) in [6, 6.07) is 1.08. The van der Waals surface area contributed by atoms with Crippen LogP contribution in [0.25, 0.3) is 0 Å². The van der Waals surface area contributed by atoms with E-state index in [0.29, 0.717) is 41.0 Å². The zero-order valence-corrected chi connectivity index (χ0v) is 18.5. The first-order valence-electron chi connectivity index (χ1n) is 10.5. The number of nitrogens with zero attached hydrogens (tertiary/aromatic N) is 1. The minimum Gasteiger partial charge on any atom is -0.378 e. The van der Waals surface area contributed by atoms with Crippen LogP contribution in [-0.4, -0.2) is 50.5 Å². The maximum absolute atomic E-state index is 6.05. The Bertz CT molecular complexity index is 561. The molecule has 4 saturated carbocycles. The summed E-state index contributed by atoms with van der Waals surface area (Å²) in [5, 5.41) is 7.58. The maximum atomic E-state index is 6.05. The van der Waals surface area contributed by atoms with Gasteiger partial charge >= 0.3 is 0 Å². The van der Waals surface area contributed by atoms with Crippen LogP contribution in [0.4, 0.5) is 0 Å². The van der Waals surface area contributed by atoms with E-state index in [2.05, 4.69) is 22.5 Å². The molecule has 5 aliphatic rings. The predicted octanol–water partition coefficient (Wildman–Crippen LogP) is 3.07. The lowest BCUT2D eigenvalue weighted by Gasteiger charge is -2.64. The lowest BCUT2D eigenvalue weighted by molar-refractivity contribution is -0.174. The second-order valence-corrected chi connectivity index (χ2v) is 8.99. The van der Waals surface area contributed by atoms with E-state index in [1.54, 1.807) is 0 Å². The molecular weight excluding hydrogens is 441 g/mol. The molecule has 0 aromatic carbocycles. The molecule has 5 atom stereocenters. The lowest BCUT2D eigenvalue weighted by atomic mass is 9.46. The fraction of sp³-hybridized carbons (Fsp3) is 0.950. The van der Waals surface area contributed by atoms with Crippen LogP contribution in [0.1, 0.15) is 58.3 Å². The molecule has 6 heteroatoms. The predicted molar refractivity (Wildman–Crippen MR) is 113 cm³/mol. The number of nitrogens with one attached hydrogen (secondary N) is 2. The van der Waals surface area contributed by atoms with Gasteiger partial charge in [0.05, 0.1) is 12.2 Å². The van der Waals surface area contributed by atoms with Crippen LogP contribution in [-0.2, 0) is 9.47 Å². The zero-order chi connectivity index (χ0) is 17.1. The summed E-state index contributed by atoms with van der Waals surface area (Å²) >= 11 is 0. The molecule has 148 valence electrons. The van der Waals surface area contributed by atoms with E-state index < -0.39 is 0 Å². The van der Waals surface area contributed by atoms with Crippen molar-refractivity contribution in [3.8, 4) is 0 Å². The molecule has 0 amide bonds. The highest BCUT2D eigenvalue weighted by molar-refractivity contribution is 14.0. The van der Waals surface area contributed by atoms with Gasteiger partial charge in [0, 0.05) is 49.1 Å². The first-order chi connectivity index (χ1) is 12.2. The molecular formula is C20H34IN3O2. The maximum Gasteiger partial charge on any atom is 0.191 e. The van der Waals surface area contributed by atoms with Gasteiger partial charge < -0.3 is 20.1 Å². The Morgan fingerprint density at radius 2 is 1.88 bits per heavy atom. The van der Waals surface area contributed by atoms with Crippen LogP contribution in [0.5, 0.6) is 0 Å². The van der Waals surface area contributed by atoms with Gasteiger partial charge in [-0.1, -0.05) is 12.8 Å². The summed E-state index contributed by atoms with van der Waals surface area (Å²) in [5.41, 5.74) is 0.779.